The minimum absolute atomic E-state index is 1.08. The number of aliphatic imine (C=N–C) groups is 1. The summed E-state index contributed by atoms with van der Waals surface area (Å²) in [4.78, 5) is 11.0. The molecule has 0 saturated carbocycles. The average molecular weight is 184 g/mol. The van der Waals surface area contributed by atoms with Gasteiger partial charge in [-0.2, -0.15) is 0 Å². The topological polar surface area (TPSA) is 22.1 Å². The van der Waals surface area contributed by atoms with Gasteiger partial charge in [-0.25, -0.2) is 0 Å². The first kappa shape index (κ1) is 10.3. The lowest BCUT2D eigenvalue weighted by molar-refractivity contribution is 0.203. The molecule has 0 unspecified atom stereocenters. The van der Waals surface area contributed by atoms with Crippen LogP contribution in [0.25, 0.3) is 0 Å². The van der Waals surface area contributed by atoms with Crippen molar-refractivity contribution in [2.45, 2.75) is 0 Å². The molecule has 0 spiro atoms. The summed E-state index contributed by atoms with van der Waals surface area (Å²) in [6.45, 7) is 4.43. The number of hydrogen-bond acceptors (Lipinski definition) is 2. The molecule has 1 aliphatic heterocycles. The third kappa shape index (κ3) is 2.59. The smallest absolute Gasteiger partial charge is 0.195 e. The Morgan fingerprint density at radius 1 is 1.15 bits per heavy atom. The number of likely N-dealkylation sites (N-methyl/N-ethyl adjacent to an activating group) is 1. The molecule has 0 aromatic rings. The van der Waals surface area contributed by atoms with Crippen LogP contribution in [0, 0.1) is 0 Å². The van der Waals surface area contributed by atoms with E-state index in [0.717, 1.165) is 32.1 Å². The van der Waals surface area contributed by atoms with E-state index in [2.05, 4.69) is 26.7 Å². The summed E-state index contributed by atoms with van der Waals surface area (Å²) >= 11 is 0. The van der Waals surface area contributed by atoms with E-state index in [1.54, 1.807) is 0 Å². The Balaban J connectivity index is 2.52. The molecule has 0 aromatic heterocycles. The molecule has 4 nitrogen and oxygen atoms in total. The van der Waals surface area contributed by atoms with Gasteiger partial charge in [-0.15, -0.1) is 0 Å². The molecule has 1 aliphatic rings. The molecule has 1 saturated heterocycles. The summed E-state index contributed by atoms with van der Waals surface area (Å²) in [7, 11) is 8.10. The second kappa shape index (κ2) is 4.46. The first-order valence-corrected chi connectivity index (χ1v) is 4.72. The molecular weight excluding hydrogens is 164 g/mol. The van der Waals surface area contributed by atoms with Crippen LogP contribution in [-0.4, -0.2) is 75.0 Å². The van der Waals surface area contributed by atoms with E-state index in [4.69, 9.17) is 0 Å². The standard InChI is InChI=1S/C9H20N4/c1-10-9(11(2)3)13-7-5-12(4)6-8-13/h5-8H2,1-4H3. The second-order valence-electron chi connectivity index (χ2n) is 3.71. The van der Waals surface area contributed by atoms with Crippen molar-refractivity contribution in [3.05, 3.63) is 0 Å². The third-order valence-corrected chi connectivity index (χ3v) is 2.39. The molecule has 0 bridgehead atoms. The van der Waals surface area contributed by atoms with Crippen LogP contribution < -0.4 is 0 Å². The predicted octanol–water partition coefficient (Wildman–Crippen LogP) is -0.219. The highest BCUT2D eigenvalue weighted by Gasteiger charge is 2.17. The SMILES string of the molecule is CN=C(N(C)C)N1CCN(C)CC1. The van der Waals surface area contributed by atoms with Crippen LogP contribution in [0.5, 0.6) is 0 Å². The van der Waals surface area contributed by atoms with E-state index in [-0.39, 0.29) is 0 Å². The van der Waals surface area contributed by atoms with Crippen molar-refractivity contribution in [3.8, 4) is 0 Å². The highest BCUT2D eigenvalue weighted by molar-refractivity contribution is 5.79. The summed E-state index contributed by atoms with van der Waals surface area (Å²) in [5.41, 5.74) is 0. The maximum atomic E-state index is 4.29. The molecule has 0 amide bonds. The predicted molar refractivity (Wildman–Crippen MR) is 56.1 cm³/mol. The maximum Gasteiger partial charge on any atom is 0.195 e. The van der Waals surface area contributed by atoms with Crippen LogP contribution in [0.4, 0.5) is 0 Å². The molecule has 0 N–H and O–H groups in total. The maximum absolute atomic E-state index is 4.29. The quantitative estimate of drug-likeness (QED) is 0.384. The molecule has 13 heavy (non-hydrogen) atoms. The van der Waals surface area contributed by atoms with Gasteiger partial charge in [0.15, 0.2) is 5.96 Å². The first-order valence-electron chi connectivity index (χ1n) is 4.72. The van der Waals surface area contributed by atoms with Crippen LogP contribution >= 0.6 is 0 Å². The zero-order valence-corrected chi connectivity index (χ0v) is 9.12. The van der Waals surface area contributed by atoms with Gasteiger partial charge in [0.2, 0.25) is 0 Å². The highest BCUT2D eigenvalue weighted by Crippen LogP contribution is 2.01. The Bertz CT molecular complexity index is 180. The van der Waals surface area contributed by atoms with Gasteiger partial charge in [-0.05, 0) is 7.05 Å². The molecule has 1 rings (SSSR count). The van der Waals surface area contributed by atoms with Gasteiger partial charge >= 0.3 is 0 Å². The second-order valence-corrected chi connectivity index (χ2v) is 3.71. The minimum atomic E-state index is 1.08. The van der Waals surface area contributed by atoms with Crippen LogP contribution in [0.15, 0.2) is 4.99 Å². The van der Waals surface area contributed by atoms with Crippen molar-refractivity contribution in [3.63, 3.8) is 0 Å². The molecule has 76 valence electrons. The van der Waals surface area contributed by atoms with E-state index in [1.165, 1.54) is 0 Å². The van der Waals surface area contributed by atoms with Gasteiger partial charge in [0.05, 0.1) is 0 Å². The fraction of sp³-hybridized carbons (Fsp3) is 0.889. The van der Waals surface area contributed by atoms with Crippen molar-refractivity contribution < 1.29 is 0 Å². The molecule has 4 heteroatoms. The lowest BCUT2D eigenvalue weighted by atomic mass is 10.3. The summed E-state index contributed by atoms with van der Waals surface area (Å²) in [5.74, 6) is 1.09. The first-order chi connectivity index (χ1) is 6.15. The Labute approximate surface area is 80.8 Å². The molecule has 0 aliphatic carbocycles. The number of guanidine groups is 1. The summed E-state index contributed by atoms with van der Waals surface area (Å²) in [5, 5.41) is 0. The van der Waals surface area contributed by atoms with Crippen LogP contribution in [0.1, 0.15) is 0 Å². The zero-order chi connectivity index (χ0) is 9.84. The highest BCUT2D eigenvalue weighted by atomic mass is 15.4. The Morgan fingerprint density at radius 3 is 2.08 bits per heavy atom. The molecule has 1 heterocycles. The summed E-state index contributed by atoms with van der Waals surface area (Å²) in [6.07, 6.45) is 0. The monoisotopic (exact) mass is 184 g/mol. The van der Waals surface area contributed by atoms with Crippen molar-refractivity contribution >= 4 is 5.96 Å². The minimum Gasteiger partial charge on any atom is -0.349 e. The number of hydrogen-bond donors (Lipinski definition) is 0. The van der Waals surface area contributed by atoms with Gasteiger partial charge < -0.3 is 14.7 Å². The van der Waals surface area contributed by atoms with E-state index in [1.807, 2.05) is 21.1 Å². The molecule has 0 radical (unpaired) electrons. The van der Waals surface area contributed by atoms with Crippen molar-refractivity contribution in [2.75, 3.05) is 54.4 Å². The fourth-order valence-corrected chi connectivity index (χ4v) is 1.63. The van der Waals surface area contributed by atoms with E-state index in [9.17, 15) is 0 Å². The van der Waals surface area contributed by atoms with E-state index >= 15 is 0 Å². The zero-order valence-electron chi connectivity index (χ0n) is 9.12. The summed E-state index contributed by atoms with van der Waals surface area (Å²) < 4.78 is 0. The van der Waals surface area contributed by atoms with Gasteiger partial charge in [0, 0.05) is 47.3 Å². The van der Waals surface area contributed by atoms with Crippen molar-refractivity contribution in [2.24, 2.45) is 4.99 Å². The molecule has 0 aromatic carbocycles. The van der Waals surface area contributed by atoms with Crippen LogP contribution in [-0.2, 0) is 0 Å². The van der Waals surface area contributed by atoms with Gasteiger partial charge in [0.1, 0.15) is 0 Å². The molecule has 1 fully saturated rings. The lowest BCUT2D eigenvalue weighted by Gasteiger charge is -2.36. The van der Waals surface area contributed by atoms with Crippen LogP contribution in [0.3, 0.4) is 0 Å². The van der Waals surface area contributed by atoms with Gasteiger partial charge in [-0.1, -0.05) is 0 Å². The van der Waals surface area contributed by atoms with Crippen molar-refractivity contribution in [1.82, 2.24) is 14.7 Å². The Morgan fingerprint density at radius 2 is 1.69 bits per heavy atom. The third-order valence-electron chi connectivity index (χ3n) is 2.39. The largest absolute Gasteiger partial charge is 0.349 e. The molecular formula is C9H20N4. The number of piperazine rings is 1. The number of rotatable bonds is 0. The van der Waals surface area contributed by atoms with E-state index < -0.39 is 0 Å². The molecule has 0 atom stereocenters. The van der Waals surface area contributed by atoms with Crippen molar-refractivity contribution in [1.29, 1.82) is 0 Å². The summed E-state index contributed by atoms with van der Waals surface area (Å²) in [6, 6.07) is 0. The van der Waals surface area contributed by atoms with Gasteiger partial charge in [-0.3, -0.25) is 4.99 Å². The Kier molecular flexibility index (Phi) is 3.54. The average Bonchev–Trinajstić information content (AvgIpc) is 2.09. The Hall–Kier alpha value is -0.770. The lowest BCUT2D eigenvalue weighted by Crippen LogP contribution is -2.51. The normalized spacial score (nSPS) is 20.6. The number of nitrogens with zero attached hydrogens (tertiary/aromatic N) is 4. The van der Waals surface area contributed by atoms with E-state index in [0.29, 0.717) is 0 Å². The fourth-order valence-electron chi connectivity index (χ4n) is 1.63. The van der Waals surface area contributed by atoms with Crippen LogP contribution in [0.2, 0.25) is 0 Å². The van der Waals surface area contributed by atoms with Gasteiger partial charge in [0.25, 0.3) is 0 Å².